The lowest BCUT2D eigenvalue weighted by Gasteiger charge is -2.30. The topological polar surface area (TPSA) is 35.2 Å². The van der Waals surface area contributed by atoms with Gasteiger partial charge >= 0.3 is 0 Å². The van der Waals surface area contributed by atoms with Crippen LogP contribution in [0.25, 0.3) is 0 Å². The van der Waals surface area contributed by atoms with Gasteiger partial charge in [0.15, 0.2) is 0 Å². The minimum absolute atomic E-state index is 0.524. The Labute approximate surface area is 114 Å². The third-order valence-electron chi connectivity index (χ3n) is 4.03. The molecule has 0 spiro atoms. The quantitative estimate of drug-likeness (QED) is 0.848. The van der Waals surface area contributed by atoms with Crippen LogP contribution in [0.15, 0.2) is 36.4 Å². The molecule has 19 heavy (non-hydrogen) atoms. The van der Waals surface area contributed by atoms with Crippen molar-refractivity contribution in [2.45, 2.75) is 26.2 Å². The summed E-state index contributed by atoms with van der Waals surface area (Å²) in [5.41, 5.74) is 11.8. The summed E-state index contributed by atoms with van der Waals surface area (Å²) in [6.45, 7) is 4.82. The fourth-order valence-electron chi connectivity index (χ4n) is 2.76. The molecule has 1 unspecified atom stereocenters. The van der Waals surface area contributed by atoms with E-state index in [1.54, 1.807) is 0 Å². The minimum atomic E-state index is 0.524. The lowest BCUT2D eigenvalue weighted by Crippen LogP contribution is -2.23. The largest absolute Gasteiger partial charge is 0.492 e. The summed E-state index contributed by atoms with van der Waals surface area (Å²) >= 11 is 0. The molecule has 98 valence electrons. The summed E-state index contributed by atoms with van der Waals surface area (Å²) in [5.74, 6) is 1.47. The summed E-state index contributed by atoms with van der Waals surface area (Å²) < 4.78 is 6.03. The minimum Gasteiger partial charge on any atom is -0.492 e. The predicted octanol–water partition coefficient (Wildman–Crippen LogP) is 3.60. The smallest absolute Gasteiger partial charge is 0.127 e. The third-order valence-corrected chi connectivity index (χ3v) is 4.03. The highest BCUT2D eigenvalue weighted by Gasteiger charge is 2.26. The Morgan fingerprint density at radius 1 is 1.16 bits per heavy atom. The molecular formula is C17H19NO. The highest BCUT2D eigenvalue weighted by molar-refractivity contribution is 5.56. The second-order valence-electron chi connectivity index (χ2n) is 5.34. The first-order valence-corrected chi connectivity index (χ1v) is 6.73. The molecule has 1 aliphatic carbocycles. The van der Waals surface area contributed by atoms with Crippen molar-refractivity contribution in [2.24, 2.45) is 0 Å². The molecule has 0 aliphatic heterocycles. The molecule has 1 atom stereocenters. The van der Waals surface area contributed by atoms with Gasteiger partial charge < -0.3 is 10.5 Å². The highest BCUT2D eigenvalue weighted by atomic mass is 16.5. The number of hydrogen-bond donors (Lipinski definition) is 1. The summed E-state index contributed by atoms with van der Waals surface area (Å²) in [5, 5.41) is 0. The fraction of sp³-hybridized carbons (Fsp3) is 0.294. The third kappa shape index (κ3) is 2.07. The van der Waals surface area contributed by atoms with Crippen LogP contribution in [0.3, 0.4) is 0 Å². The Morgan fingerprint density at radius 2 is 1.95 bits per heavy atom. The predicted molar refractivity (Wildman–Crippen MR) is 78.7 cm³/mol. The SMILES string of the molecule is Cc1ccc(N)c(C)c1OCC1Cc2ccccc21. The molecule has 0 saturated carbocycles. The maximum Gasteiger partial charge on any atom is 0.127 e. The molecule has 0 radical (unpaired) electrons. The average Bonchev–Trinajstić information content (AvgIpc) is 2.39. The molecule has 2 N–H and O–H groups in total. The molecule has 0 aromatic heterocycles. The zero-order valence-corrected chi connectivity index (χ0v) is 11.4. The molecule has 2 aromatic rings. The van der Waals surface area contributed by atoms with Crippen LogP contribution in [0.5, 0.6) is 5.75 Å². The Kier molecular flexibility index (Phi) is 2.94. The Morgan fingerprint density at radius 3 is 2.74 bits per heavy atom. The van der Waals surface area contributed by atoms with E-state index in [0.29, 0.717) is 5.92 Å². The van der Waals surface area contributed by atoms with E-state index in [2.05, 4.69) is 31.2 Å². The van der Waals surface area contributed by atoms with Gasteiger partial charge in [0, 0.05) is 17.2 Å². The Hall–Kier alpha value is -1.96. The molecule has 2 nitrogen and oxygen atoms in total. The van der Waals surface area contributed by atoms with Crippen LogP contribution in [0.4, 0.5) is 5.69 Å². The van der Waals surface area contributed by atoms with Crippen LogP contribution < -0.4 is 10.5 Å². The van der Waals surface area contributed by atoms with Crippen molar-refractivity contribution in [2.75, 3.05) is 12.3 Å². The van der Waals surface area contributed by atoms with Gasteiger partial charge in [0.05, 0.1) is 6.61 Å². The second kappa shape index (κ2) is 4.61. The van der Waals surface area contributed by atoms with Gasteiger partial charge in [-0.05, 0) is 43.0 Å². The van der Waals surface area contributed by atoms with Crippen molar-refractivity contribution in [3.8, 4) is 5.75 Å². The van der Waals surface area contributed by atoms with E-state index in [1.165, 1.54) is 11.1 Å². The van der Waals surface area contributed by atoms with Gasteiger partial charge in [0.25, 0.3) is 0 Å². The number of fused-ring (bicyclic) bond motifs is 1. The van der Waals surface area contributed by atoms with Gasteiger partial charge in [0.1, 0.15) is 5.75 Å². The van der Waals surface area contributed by atoms with Crippen molar-refractivity contribution >= 4 is 5.69 Å². The van der Waals surface area contributed by atoms with Crippen molar-refractivity contribution < 1.29 is 4.74 Å². The van der Waals surface area contributed by atoms with E-state index in [-0.39, 0.29) is 0 Å². The molecular weight excluding hydrogens is 234 g/mol. The molecule has 0 amide bonds. The van der Waals surface area contributed by atoms with Crippen molar-refractivity contribution in [3.05, 3.63) is 58.7 Å². The van der Waals surface area contributed by atoms with E-state index in [9.17, 15) is 0 Å². The summed E-state index contributed by atoms with van der Waals surface area (Å²) in [6.07, 6.45) is 1.12. The van der Waals surface area contributed by atoms with Crippen molar-refractivity contribution in [1.82, 2.24) is 0 Å². The summed E-state index contributed by atoms with van der Waals surface area (Å²) in [7, 11) is 0. The normalized spacial score (nSPS) is 16.6. The zero-order valence-electron chi connectivity index (χ0n) is 11.4. The molecule has 1 aliphatic rings. The first-order chi connectivity index (χ1) is 9.16. The van der Waals surface area contributed by atoms with Gasteiger partial charge in [-0.25, -0.2) is 0 Å². The Balaban J connectivity index is 1.74. The van der Waals surface area contributed by atoms with E-state index in [0.717, 1.165) is 35.6 Å². The molecule has 0 heterocycles. The van der Waals surface area contributed by atoms with Gasteiger partial charge in [0.2, 0.25) is 0 Å². The van der Waals surface area contributed by atoms with Gasteiger partial charge in [-0.2, -0.15) is 0 Å². The van der Waals surface area contributed by atoms with Crippen LogP contribution in [-0.4, -0.2) is 6.61 Å². The fourth-order valence-corrected chi connectivity index (χ4v) is 2.76. The van der Waals surface area contributed by atoms with Crippen LogP contribution in [0.1, 0.15) is 28.2 Å². The molecule has 2 aromatic carbocycles. The van der Waals surface area contributed by atoms with Crippen molar-refractivity contribution in [3.63, 3.8) is 0 Å². The molecule has 3 rings (SSSR count). The van der Waals surface area contributed by atoms with Crippen LogP contribution in [0.2, 0.25) is 0 Å². The van der Waals surface area contributed by atoms with E-state index in [4.69, 9.17) is 10.5 Å². The zero-order chi connectivity index (χ0) is 13.4. The summed E-state index contributed by atoms with van der Waals surface area (Å²) in [4.78, 5) is 0. The summed E-state index contributed by atoms with van der Waals surface area (Å²) in [6, 6.07) is 12.6. The maximum absolute atomic E-state index is 6.03. The average molecular weight is 253 g/mol. The van der Waals surface area contributed by atoms with Gasteiger partial charge in [-0.1, -0.05) is 30.3 Å². The van der Waals surface area contributed by atoms with Crippen molar-refractivity contribution in [1.29, 1.82) is 0 Å². The monoisotopic (exact) mass is 253 g/mol. The van der Waals surface area contributed by atoms with Gasteiger partial charge in [-0.15, -0.1) is 0 Å². The van der Waals surface area contributed by atoms with Crippen LogP contribution in [-0.2, 0) is 6.42 Å². The van der Waals surface area contributed by atoms with E-state index < -0.39 is 0 Å². The first-order valence-electron chi connectivity index (χ1n) is 6.73. The Bertz CT molecular complexity index is 619. The van der Waals surface area contributed by atoms with Crippen LogP contribution >= 0.6 is 0 Å². The molecule has 2 heteroatoms. The number of nitrogens with two attached hydrogens (primary N) is 1. The number of hydrogen-bond acceptors (Lipinski definition) is 2. The number of benzene rings is 2. The standard InChI is InChI=1S/C17H19NO/c1-11-7-8-16(18)12(2)17(11)19-10-14-9-13-5-3-4-6-15(13)14/h3-8,14H,9-10,18H2,1-2H3. The first kappa shape index (κ1) is 12.1. The van der Waals surface area contributed by atoms with Crippen LogP contribution in [0, 0.1) is 13.8 Å². The van der Waals surface area contributed by atoms with E-state index in [1.807, 2.05) is 19.1 Å². The number of ether oxygens (including phenoxy) is 1. The number of anilines is 1. The second-order valence-corrected chi connectivity index (χ2v) is 5.34. The maximum atomic E-state index is 6.03. The number of nitrogen functional groups attached to an aromatic ring is 1. The highest BCUT2D eigenvalue weighted by Crippen LogP contribution is 2.36. The molecule has 0 saturated heterocycles. The molecule has 0 bridgehead atoms. The lowest BCUT2D eigenvalue weighted by atomic mass is 9.78. The lowest BCUT2D eigenvalue weighted by molar-refractivity contribution is 0.272. The van der Waals surface area contributed by atoms with E-state index >= 15 is 0 Å². The number of rotatable bonds is 3. The van der Waals surface area contributed by atoms with Gasteiger partial charge in [-0.3, -0.25) is 0 Å². The molecule has 0 fully saturated rings. The number of aryl methyl sites for hydroxylation is 1.